The summed E-state index contributed by atoms with van der Waals surface area (Å²) in [5, 5.41) is 6.98. The van der Waals surface area contributed by atoms with Gasteiger partial charge in [-0.15, -0.1) is 0 Å². The Labute approximate surface area is 119 Å². The Morgan fingerprint density at radius 3 is 2.80 bits per heavy atom. The highest BCUT2D eigenvalue weighted by atomic mass is 15.3. The fraction of sp³-hybridized carbons (Fsp3) is 0.375. The van der Waals surface area contributed by atoms with Crippen molar-refractivity contribution in [3.8, 4) is 0 Å². The topological polar surface area (TPSA) is 34.0 Å². The Bertz CT molecular complexity index is 743. The van der Waals surface area contributed by atoms with Crippen molar-refractivity contribution < 1.29 is 0 Å². The molecule has 104 valence electrons. The van der Waals surface area contributed by atoms with Gasteiger partial charge in [0.25, 0.3) is 0 Å². The predicted octanol–water partition coefficient (Wildman–Crippen LogP) is 2.84. The van der Waals surface area contributed by atoms with Crippen LogP contribution in [0.5, 0.6) is 0 Å². The minimum absolute atomic E-state index is 0.911. The molecule has 2 heterocycles. The van der Waals surface area contributed by atoms with E-state index < -0.39 is 0 Å². The van der Waals surface area contributed by atoms with Crippen LogP contribution in [0.3, 0.4) is 0 Å². The van der Waals surface area contributed by atoms with Crippen molar-refractivity contribution in [1.29, 1.82) is 0 Å². The van der Waals surface area contributed by atoms with Gasteiger partial charge in [-0.05, 0) is 46.1 Å². The summed E-state index contributed by atoms with van der Waals surface area (Å²) in [5.41, 5.74) is 3.09. The number of aromatic nitrogens is 3. The predicted molar refractivity (Wildman–Crippen MR) is 82.9 cm³/mol. The van der Waals surface area contributed by atoms with Crippen LogP contribution in [0.25, 0.3) is 21.9 Å². The highest BCUT2D eigenvalue weighted by Crippen LogP contribution is 2.22. The van der Waals surface area contributed by atoms with E-state index >= 15 is 0 Å². The lowest BCUT2D eigenvalue weighted by atomic mass is 10.2. The first-order valence-electron chi connectivity index (χ1n) is 7.03. The second kappa shape index (κ2) is 5.21. The first-order chi connectivity index (χ1) is 9.65. The average molecular weight is 268 g/mol. The summed E-state index contributed by atoms with van der Waals surface area (Å²) in [6.07, 6.45) is 1.08. The molecule has 0 aliphatic heterocycles. The molecular formula is C16H20N4. The summed E-state index contributed by atoms with van der Waals surface area (Å²) in [7, 11) is 4.19. The van der Waals surface area contributed by atoms with Gasteiger partial charge in [-0.2, -0.15) is 5.10 Å². The van der Waals surface area contributed by atoms with Gasteiger partial charge in [0.05, 0.1) is 11.2 Å². The summed E-state index contributed by atoms with van der Waals surface area (Å²) in [6.45, 7) is 4.03. The molecule has 3 aromatic rings. The highest BCUT2D eigenvalue weighted by Gasteiger charge is 2.10. The van der Waals surface area contributed by atoms with E-state index in [0.29, 0.717) is 0 Å². The van der Waals surface area contributed by atoms with Gasteiger partial charge in [0.1, 0.15) is 0 Å². The molecule has 0 amide bonds. The number of para-hydroxylation sites is 1. The Morgan fingerprint density at radius 2 is 2.00 bits per heavy atom. The average Bonchev–Trinajstić information content (AvgIpc) is 2.73. The molecule has 0 fully saturated rings. The maximum absolute atomic E-state index is 4.78. The molecule has 4 nitrogen and oxygen atoms in total. The van der Waals surface area contributed by atoms with Gasteiger partial charge in [0.15, 0.2) is 5.65 Å². The highest BCUT2D eigenvalue weighted by molar-refractivity contribution is 5.92. The van der Waals surface area contributed by atoms with Crippen LogP contribution in [0.15, 0.2) is 30.3 Å². The molecule has 1 aromatic carbocycles. The number of hydrogen-bond donors (Lipinski definition) is 0. The van der Waals surface area contributed by atoms with E-state index in [9.17, 15) is 0 Å². The van der Waals surface area contributed by atoms with Crippen molar-refractivity contribution in [2.75, 3.05) is 20.6 Å². The first kappa shape index (κ1) is 13.1. The molecule has 0 unspecified atom stereocenters. The van der Waals surface area contributed by atoms with E-state index in [0.717, 1.165) is 41.8 Å². The number of pyridine rings is 1. The number of benzene rings is 1. The van der Waals surface area contributed by atoms with Gasteiger partial charge in [0.2, 0.25) is 0 Å². The third-order valence-corrected chi connectivity index (χ3v) is 3.58. The summed E-state index contributed by atoms with van der Waals surface area (Å²) in [5.74, 6) is 0. The maximum Gasteiger partial charge on any atom is 0.158 e. The smallest absolute Gasteiger partial charge is 0.158 e. The Balaban J connectivity index is 2.02. The first-order valence-corrected chi connectivity index (χ1v) is 7.03. The van der Waals surface area contributed by atoms with Gasteiger partial charge in [-0.1, -0.05) is 18.2 Å². The molecule has 0 atom stereocenters. The lowest BCUT2D eigenvalue weighted by Crippen LogP contribution is -2.15. The molecule has 2 aromatic heterocycles. The lowest BCUT2D eigenvalue weighted by molar-refractivity contribution is 0.382. The molecule has 0 saturated heterocycles. The number of rotatable bonds is 4. The normalized spacial score (nSPS) is 11.8. The molecule has 4 heteroatoms. The minimum Gasteiger partial charge on any atom is -0.309 e. The van der Waals surface area contributed by atoms with Crippen LogP contribution in [-0.4, -0.2) is 40.3 Å². The van der Waals surface area contributed by atoms with Crippen molar-refractivity contribution in [1.82, 2.24) is 19.7 Å². The van der Waals surface area contributed by atoms with E-state index in [1.165, 1.54) is 5.39 Å². The number of fused-ring (bicyclic) bond motifs is 2. The molecule has 0 spiro atoms. The zero-order chi connectivity index (χ0) is 14.1. The standard InChI is InChI=1S/C16H20N4/c1-12-14-11-13-7-4-5-8-15(13)17-16(14)20(18-12)10-6-9-19(2)3/h4-5,7-8,11H,6,9-10H2,1-3H3. The largest absolute Gasteiger partial charge is 0.309 e. The molecular weight excluding hydrogens is 248 g/mol. The molecule has 0 N–H and O–H groups in total. The van der Waals surface area contributed by atoms with Crippen molar-refractivity contribution in [2.45, 2.75) is 19.9 Å². The molecule has 0 saturated carbocycles. The number of aryl methyl sites for hydroxylation is 2. The third kappa shape index (κ3) is 2.39. The van der Waals surface area contributed by atoms with Crippen LogP contribution in [0.4, 0.5) is 0 Å². The van der Waals surface area contributed by atoms with Crippen LogP contribution in [0.1, 0.15) is 12.1 Å². The fourth-order valence-corrected chi connectivity index (χ4v) is 2.54. The second-order valence-electron chi connectivity index (χ2n) is 5.52. The van der Waals surface area contributed by atoms with E-state index in [4.69, 9.17) is 4.98 Å². The van der Waals surface area contributed by atoms with Gasteiger partial charge in [-0.3, -0.25) is 0 Å². The van der Waals surface area contributed by atoms with Crippen molar-refractivity contribution in [3.63, 3.8) is 0 Å². The van der Waals surface area contributed by atoms with Crippen LogP contribution < -0.4 is 0 Å². The van der Waals surface area contributed by atoms with Gasteiger partial charge in [-0.25, -0.2) is 9.67 Å². The zero-order valence-corrected chi connectivity index (χ0v) is 12.3. The van der Waals surface area contributed by atoms with Crippen molar-refractivity contribution >= 4 is 21.9 Å². The molecule has 3 rings (SSSR count). The lowest BCUT2D eigenvalue weighted by Gasteiger charge is -2.09. The molecule has 0 aliphatic rings. The summed E-state index contributed by atoms with van der Waals surface area (Å²) >= 11 is 0. The zero-order valence-electron chi connectivity index (χ0n) is 12.3. The second-order valence-corrected chi connectivity index (χ2v) is 5.52. The fourth-order valence-electron chi connectivity index (χ4n) is 2.54. The van der Waals surface area contributed by atoms with Gasteiger partial charge >= 0.3 is 0 Å². The SMILES string of the molecule is Cc1nn(CCCN(C)C)c2nc3ccccc3cc12. The van der Waals surface area contributed by atoms with E-state index in [-0.39, 0.29) is 0 Å². The third-order valence-electron chi connectivity index (χ3n) is 3.58. The Kier molecular flexibility index (Phi) is 3.40. The van der Waals surface area contributed by atoms with Gasteiger partial charge in [0, 0.05) is 17.3 Å². The van der Waals surface area contributed by atoms with Crippen molar-refractivity contribution in [3.05, 3.63) is 36.0 Å². The molecule has 0 bridgehead atoms. The Hall–Kier alpha value is -1.94. The van der Waals surface area contributed by atoms with E-state index in [2.05, 4.69) is 49.2 Å². The summed E-state index contributed by atoms with van der Waals surface area (Å²) < 4.78 is 2.04. The monoisotopic (exact) mass is 268 g/mol. The minimum atomic E-state index is 0.911. The number of hydrogen-bond acceptors (Lipinski definition) is 3. The van der Waals surface area contributed by atoms with Crippen LogP contribution in [-0.2, 0) is 6.54 Å². The van der Waals surface area contributed by atoms with Crippen molar-refractivity contribution in [2.24, 2.45) is 0 Å². The van der Waals surface area contributed by atoms with E-state index in [1.807, 2.05) is 16.8 Å². The Morgan fingerprint density at radius 1 is 1.20 bits per heavy atom. The van der Waals surface area contributed by atoms with E-state index in [1.54, 1.807) is 0 Å². The molecule has 0 radical (unpaired) electrons. The van der Waals surface area contributed by atoms with Gasteiger partial charge < -0.3 is 4.90 Å². The van der Waals surface area contributed by atoms with Crippen LogP contribution >= 0.6 is 0 Å². The molecule has 20 heavy (non-hydrogen) atoms. The summed E-state index contributed by atoms with van der Waals surface area (Å²) in [6, 6.07) is 10.4. The van der Waals surface area contributed by atoms with Crippen LogP contribution in [0, 0.1) is 6.92 Å². The summed E-state index contributed by atoms with van der Waals surface area (Å²) in [4.78, 5) is 6.98. The van der Waals surface area contributed by atoms with Crippen LogP contribution in [0.2, 0.25) is 0 Å². The maximum atomic E-state index is 4.78. The quantitative estimate of drug-likeness (QED) is 0.729. The number of nitrogens with zero attached hydrogens (tertiary/aromatic N) is 4. The molecule has 0 aliphatic carbocycles.